The van der Waals surface area contributed by atoms with E-state index in [2.05, 4.69) is 0 Å². The lowest BCUT2D eigenvalue weighted by atomic mass is 10.1. The van der Waals surface area contributed by atoms with Gasteiger partial charge in [-0.15, -0.1) is 0 Å². The summed E-state index contributed by atoms with van der Waals surface area (Å²) in [6, 6.07) is 4.79. The molecule has 1 atom stereocenters. The molecule has 1 aromatic carbocycles. The fourth-order valence-corrected chi connectivity index (χ4v) is 4.47. The number of benzene rings is 1. The van der Waals surface area contributed by atoms with Gasteiger partial charge in [-0.3, -0.25) is 9.69 Å². The van der Waals surface area contributed by atoms with Gasteiger partial charge in [0.15, 0.2) is 15.6 Å². The van der Waals surface area contributed by atoms with Crippen molar-refractivity contribution in [2.45, 2.75) is 12.5 Å². The second kappa shape index (κ2) is 6.34. The molecular formula is C14H18ClNO4S. The maximum absolute atomic E-state index is 12.2. The Morgan fingerprint density at radius 3 is 2.71 bits per heavy atom. The summed E-state index contributed by atoms with van der Waals surface area (Å²) in [4.78, 5) is 14.0. The predicted molar refractivity (Wildman–Crippen MR) is 82.0 cm³/mol. The number of sulfone groups is 1. The molecular weight excluding hydrogens is 314 g/mol. The summed E-state index contributed by atoms with van der Waals surface area (Å²) < 4.78 is 28.0. The lowest BCUT2D eigenvalue weighted by Crippen LogP contribution is -2.36. The fraction of sp³-hybridized carbons (Fsp3) is 0.500. The van der Waals surface area contributed by atoms with Crippen molar-refractivity contribution in [1.29, 1.82) is 0 Å². The Bertz CT molecular complexity index is 644. The van der Waals surface area contributed by atoms with Crippen LogP contribution in [0.5, 0.6) is 5.75 Å². The van der Waals surface area contributed by atoms with Gasteiger partial charge in [-0.05, 0) is 31.7 Å². The molecule has 2 rings (SSSR count). The summed E-state index contributed by atoms with van der Waals surface area (Å²) in [5.74, 6) is 0.750. The summed E-state index contributed by atoms with van der Waals surface area (Å²) in [7, 11) is 0.336. The average Bonchev–Trinajstić information content (AvgIpc) is 2.79. The highest BCUT2D eigenvalue weighted by Gasteiger charge is 2.31. The van der Waals surface area contributed by atoms with Gasteiger partial charge in [0.05, 0.1) is 30.2 Å². The zero-order valence-electron chi connectivity index (χ0n) is 12.0. The van der Waals surface area contributed by atoms with Gasteiger partial charge in [0.25, 0.3) is 0 Å². The van der Waals surface area contributed by atoms with Crippen molar-refractivity contribution >= 4 is 27.2 Å². The number of carbonyl (C=O) groups is 1. The van der Waals surface area contributed by atoms with Crippen LogP contribution in [0.3, 0.4) is 0 Å². The Balaban J connectivity index is 2.03. The maximum atomic E-state index is 12.2. The Kier molecular flexibility index (Phi) is 4.91. The van der Waals surface area contributed by atoms with Gasteiger partial charge < -0.3 is 4.74 Å². The third-order valence-electron chi connectivity index (χ3n) is 3.70. The van der Waals surface area contributed by atoms with Crippen LogP contribution in [0.1, 0.15) is 16.8 Å². The van der Waals surface area contributed by atoms with E-state index >= 15 is 0 Å². The number of nitrogens with zero attached hydrogens (tertiary/aromatic N) is 1. The van der Waals surface area contributed by atoms with E-state index in [4.69, 9.17) is 16.3 Å². The quantitative estimate of drug-likeness (QED) is 0.768. The summed E-state index contributed by atoms with van der Waals surface area (Å²) in [5.41, 5.74) is 0.494. The van der Waals surface area contributed by atoms with Crippen molar-refractivity contribution in [2.75, 3.05) is 32.2 Å². The predicted octanol–water partition coefficient (Wildman–Crippen LogP) is 1.65. The third-order valence-corrected chi connectivity index (χ3v) is 5.74. The molecule has 1 unspecified atom stereocenters. The number of carbonyl (C=O) groups excluding carboxylic acids is 1. The van der Waals surface area contributed by atoms with Crippen LogP contribution in [0.15, 0.2) is 18.2 Å². The maximum Gasteiger partial charge on any atom is 0.176 e. The molecule has 0 aliphatic carbocycles. The Labute approximate surface area is 129 Å². The van der Waals surface area contributed by atoms with Gasteiger partial charge in [-0.1, -0.05) is 11.6 Å². The van der Waals surface area contributed by atoms with Crippen molar-refractivity contribution in [2.24, 2.45) is 0 Å². The number of likely N-dealkylation sites (N-methyl/N-ethyl adjacent to an activating group) is 1. The summed E-state index contributed by atoms with van der Waals surface area (Å²) in [6.45, 7) is 0.169. The van der Waals surface area contributed by atoms with Crippen LogP contribution in [0.4, 0.5) is 0 Å². The van der Waals surface area contributed by atoms with E-state index in [9.17, 15) is 13.2 Å². The SMILES string of the molecule is COc1ccc(C(=O)CN(C)C2CCS(=O)(=O)C2)cc1Cl. The second-order valence-corrected chi connectivity index (χ2v) is 7.88. The number of methoxy groups -OCH3 is 1. The van der Waals surface area contributed by atoms with Gasteiger partial charge in [-0.2, -0.15) is 0 Å². The van der Waals surface area contributed by atoms with Crippen LogP contribution in [0, 0.1) is 0 Å². The first-order chi connectivity index (χ1) is 9.82. The van der Waals surface area contributed by atoms with E-state index in [1.807, 2.05) is 0 Å². The smallest absolute Gasteiger partial charge is 0.176 e. The molecule has 0 N–H and O–H groups in total. The molecule has 5 nitrogen and oxygen atoms in total. The molecule has 1 aromatic rings. The molecule has 116 valence electrons. The van der Waals surface area contributed by atoms with E-state index in [0.717, 1.165) is 0 Å². The Morgan fingerprint density at radius 1 is 1.48 bits per heavy atom. The van der Waals surface area contributed by atoms with Crippen molar-refractivity contribution < 1.29 is 17.9 Å². The molecule has 1 fully saturated rings. The second-order valence-electron chi connectivity index (χ2n) is 5.24. The number of hydrogen-bond donors (Lipinski definition) is 0. The number of rotatable bonds is 5. The van der Waals surface area contributed by atoms with Crippen LogP contribution in [-0.4, -0.2) is 57.4 Å². The van der Waals surface area contributed by atoms with Gasteiger partial charge in [0.1, 0.15) is 5.75 Å². The minimum Gasteiger partial charge on any atom is -0.495 e. The minimum atomic E-state index is -2.95. The van der Waals surface area contributed by atoms with E-state index in [-0.39, 0.29) is 29.9 Å². The number of hydrogen-bond acceptors (Lipinski definition) is 5. The first-order valence-corrected chi connectivity index (χ1v) is 8.80. The highest BCUT2D eigenvalue weighted by Crippen LogP contribution is 2.25. The fourth-order valence-electron chi connectivity index (χ4n) is 2.41. The molecule has 1 heterocycles. The lowest BCUT2D eigenvalue weighted by molar-refractivity contribution is 0.0926. The highest BCUT2D eigenvalue weighted by atomic mass is 35.5. The number of Topliss-reactive ketones (excluding diaryl/α,β-unsaturated/α-hetero) is 1. The molecule has 1 aliphatic heterocycles. The van der Waals surface area contributed by atoms with Gasteiger partial charge >= 0.3 is 0 Å². The van der Waals surface area contributed by atoms with Crippen molar-refractivity contribution in [1.82, 2.24) is 4.90 Å². The molecule has 21 heavy (non-hydrogen) atoms. The van der Waals surface area contributed by atoms with Crippen LogP contribution >= 0.6 is 11.6 Å². The minimum absolute atomic E-state index is 0.0901. The van der Waals surface area contributed by atoms with Crippen LogP contribution in [-0.2, 0) is 9.84 Å². The van der Waals surface area contributed by atoms with Gasteiger partial charge in [0.2, 0.25) is 0 Å². The van der Waals surface area contributed by atoms with Crippen molar-refractivity contribution in [3.8, 4) is 5.75 Å². The van der Waals surface area contributed by atoms with E-state index in [1.54, 1.807) is 30.1 Å². The number of ketones is 1. The standard InChI is InChI=1S/C14H18ClNO4S/c1-16(11-5-6-21(18,19)9-11)8-13(17)10-3-4-14(20-2)12(15)7-10/h3-4,7,11H,5-6,8-9H2,1-2H3. The normalized spacial score (nSPS) is 20.7. The van der Waals surface area contributed by atoms with Crippen molar-refractivity contribution in [3.05, 3.63) is 28.8 Å². The summed E-state index contributed by atoms with van der Waals surface area (Å²) >= 11 is 6.00. The molecule has 0 aromatic heterocycles. The van der Waals surface area contributed by atoms with E-state index in [0.29, 0.717) is 22.8 Å². The number of ether oxygens (including phenoxy) is 1. The molecule has 0 spiro atoms. The zero-order chi connectivity index (χ0) is 15.6. The van der Waals surface area contributed by atoms with E-state index < -0.39 is 9.84 Å². The lowest BCUT2D eigenvalue weighted by Gasteiger charge is -2.22. The summed E-state index contributed by atoms with van der Waals surface area (Å²) in [5, 5.41) is 0.384. The Morgan fingerprint density at radius 2 is 2.19 bits per heavy atom. The zero-order valence-corrected chi connectivity index (χ0v) is 13.6. The van der Waals surface area contributed by atoms with Crippen LogP contribution < -0.4 is 4.74 Å². The highest BCUT2D eigenvalue weighted by molar-refractivity contribution is 7.91. The topological polar surface area (TPSA) is 63.7 Å². The molecule has 0 bridgehead atoms. The van der Waals surface area contributed by atoms with Gasteiger partial charge in [-0.25, -0.2) is 8.42 Å². The third kappa shape index (κ3) is 3.96. The molecule has 7 heteroatoms. The molecule has 0 radical (unpaired) electrons. The summed E-state index contributed by atoms with van der Waals surface area (Å²) in [6.07, 6.45) is 0.579. The van der Waals surface area contributed by atoms with Crippen molar-refractivity contribution in [3.63, 3.8) is 0 Å². The average molecular weight is 332 g/mol. The monoisotopic (exact) mass is 331 g/mol. The molecule has 0 saturated carbocycles. The first-order valence-electron chi connectivity index (χ1n) is 6.60. The molecule has 1 aliphatic rings. The van der Waals surface area contributed by atoms with Crippen LogP contribution in [0.25, 0.3) is 0 Å². The first kappa shape index (κ1) is 16.3. The number of halogens is 1. The van der Waals surface area contributed by atoms with E-state index in [1.165, 1.54) is 7.11 Å². The Hall–Kier alpha value is -1.11. The van der Waals surface area contributed by atoms with Gasteiger partial charge in [0, 0.05) is 11.6 Å². The van der Waals surface area contributed by atoms with Crippen LogP contribution in [0.2, 0.25) is 5.02 Å². The largest absolute Gasteiger partial charge is 0.495 e. The molecule has 0 amide bonds. The molecule has 1 saturated heterocycles.